The van der Waals surface area contributed by atoms with E-state index in [9.17, 15) is 4.79 Å². The Bertz CT molecular complexity index is 903. The van der Waals surface area contributed by atoms with Gasteiger partial charge in [0.05, 0.1) is 20.2 Å². The first-order valence-electron chi connectivity index (χ1n) is 7.97. The molecule has 120 valence electrons. The van der Waals surface area contributed by atoms with E-state index in [4.69, 9.17) is 4.74 Å². The van der Waals surface area contributed by atoms with Crippen molar-refractivity contribution in [2.75, 3.05) is 6.61 Å². The molecule has 1 aromatic heterocycles. The van der Waals surface area contributed by atoms with E-state index in [2.05, 4.69) is 56.9 Å². The standard InChI is InChI=1S/C19H22O2SSi/c1-6-21-19(20)18-12(2)17-13-9-7-8-10-14(13)22-15(17)11-16(18)23(3,4)5/h7-11H,6H2,1-5H3. The van der Waals surface area contributed by atoms with Crippen molar-refractivity contribution in [1.82, 2.24) is 0 Å². The Morgan fingerprint density at radius 1 is 1.17 bits per heavy atom. The Morgan fingerprint density at radius 2 is 1.87 bits per heavy atom. The summed E-state index contributed by atoms with van der Waals surface area (Å²) in [4.78, 5) is 12.6. The number of aryl methyl sites for hydroxylation is 1. The van der Waals surface area contributed by atoms with Crippen LogP contribution in [0.5, 0.6) is 0 Å². The zero-order chi connectivity index (χ0) is 16.8. The number of esters is 1. The Morgan fingerprint density at radius 3 is 2.52 bits per heavy atom. The van der Waals surface area contributed by atoms with E-state index in [1.54, 1.807) is 0 Å². The molecule has 0 saturated heterocycles. The Kier molecular flexibility index (Phi) is 4.06. The first-order valence-corrected chi connectivity index (χ1v) is 12.3. The fourth-order valence-corrected chi connectivity index (χ4v) is 6.07. The van der Waals surface area contributed by atoms with Crippen molar-refractivity contribution in [3.8, 4) is 0 Å². The summed E-state index contributed by atoms with van der Waals surface area (Å²) < 4.78 is 7.91. The molecule has 0 aliphatic heterocycles. The molecule has 0 radical (unpaired) electrons. The van der Waals surface area contributed by atoms with Gasteiger partial charge in [-0.25, -0.2) is 4.79 Å². The van der Waals surface area contributed by atoms with Crippen LogP contribution < -0.4 is 5.19 Å². The minimum Gasteiger partial charge on any atom is -0.462 e. The van der Waals surface area contributed by atoms with Crippen molar-refractivity contribution in [3.05, 3.63) is 41.5 Å². The van der Waals surface area contributed by atoms with Gasteiger partial charge in [-0.2, -0.15) is 0 Å². The summed E-state index contributed by atoms with van der Waals surface area (Å²) in [6, 6.07) is 10.7. The molecule has 2 nitrogen and oxygen atoms in total. The molecule has 0 unspecified atom stereocenters. The number of hydrogen-bond acceptors (Lipinski definition) is 3. The van der Waals surface area contributed by atoms with Gasteiger partial charge >= 0.3 is 5.97 Å². The number of ether oxygens (including phenoxy) is 1. The monoisotopic (exact) mass is 342 g/mol. The maximum Gasteiger partial charge on any atom is 0.338 e. The Balaban J connectivity index is 2.44. The van der Waals surface area contributed by atoms with Crippen LogP contribution in [0.25, 0.3) is 20.2 Å². The molecule has 23 heavy (non-hydrogen) atoms. The molecule has 0 saturated carbocycles. The molecule has 3 rings (SSSR count). The van der Waals surface area contributed by atoms with Crippen LogP contribution in [0.1, 0.15) is 22.8 Å². The lowest BCUT2D eigenvalue weighted by atomic mass is 10.0. The molecule has 2 aromatic carbocycles. The van der Waals surface area contributed by atoms with E-state index in [0.29, 0.717) is 6.61 Å². The third-order valence-corrected chi connectivity index (χ3v) is 7.33. The minimum absolute atomic E-state index is 0.181. The average molecular weight is 343 g/mol. The topological polar surface area (TPSA) is 26.3 Å². The van der Waals surface area contributed by atoms with E-state index in [1.165, 1.54) is 25.4 Å². The summed E-state index contributed by atoms with van der Waals surface area (Å²) in [7, 11) is -1.66. The Hall–Kier alpha value is -1.65. The molecule has 0 fully saturated rings. The van der Waals surface area contributed by atoms with Crippen LogP contribution in [-0.4, -0.2) is 20.7 Å². The second-order valence-electron chi connectivity index (χ2n) is 6.87. The van der Waals surface area contributed by atoms with E-state index < -0.39 is 8.07 Å². The average Bonchev–Trinajstić information content (AvgIpc) is 2.84. The smallest absolute Gasteiger partial charge is 0.338 e. The van der Waals surface area contributed by atoms with Crippen molar-refractivity contribution in [2.24, 2.45) is 0 Å². The molecule has 3 aromatic rings. The predicted molar refractivity (Wildman–Crippen MR) is 103 cm³/mol. The number of thiophene rings is 1. The molecule has 0 spiro atoms. The SMILES string of the molecule is CCOC(=O)c1c([Si](C)(C)C)cc2sc3ccccc3c2c1C. The fraction of sp³-hybridized carbons (Fsp3) is 0.316. The zero-order valence-corrected chi connectivity index (χ0v) is 16.1. The van der Waals surface area contributed by atoms with Crippen molar-refractivity contribution >= 4 is 50.7 Å². The van der Waals surface area contributed by atoms with Gasteiger partial charge in [-0.05, 0) is 36.7 Å². The lowest BCUT2D eigenvalue weighted by Gasteiger charge is -2.22. The van der Waals surface area contributed by atoms with Gasteiger partial charge in [0.25, 0.3) is 0 Å². The number of fused-ring (bicyclic) bond motifs is 3. The number of hydrogen-bond donors (Lipinski definition) is 0. The predicted octanol–water partition coefficient (Wildman–Crippen LogP) is 5.08. The molecule has 1 heterocycles. The van der Waals surface area contributed by atoms with E-state index in [0.717, 1.165) is 11.1 Å². The summed E-state index contributed by atoms with van der Waals surface area (Å²) in [5, 5.41) is 3.64. The lowest BCUT2D eigenvalue weighted by Crippen LogP contribution is -2.42. The summed E-state index contributed by atoms with van der Waals surface area (Å²) in [6.07, 6.45) is 0. The first kappa shape index (κ1) is 16.2. The van der Waals surface area contributed by atoms with Gasteiger partial charge in [-0.1, -0.05) is 37.8 Å². The van der Waals surface area contributed by atoms with Gasteiger partial charge in [-0.3, -0.25) is 0 Å². The highest BCUT2D eigenvalue weighted by Gasteiger charge is 2.28. The van der Waals surface area contributed by atoms with Gasteiger partial charge in [-0.15, -0.1) is 11.3 Å². The fourth-order valence-electron chi connectivity index (χ4n) is 3.14. The van der Waals surface area contributed by atoms with Crippen molar-refractivity contribution in [1.29, 1.82) is 0 Å². The van der Waals surface area contributed by atoms with Crippen molar-refractivity contribution in [2.45, 2.75) is 33.5 Å². The van der Waals surface area contributed by atoms with Gasteiger partial charge in [0.2, 0.25) is 0 Å². The summed E-state index contributed by atoms with van der Waals surface area (Å²) in [5.41, 5.74) is 1.86. The van der Waals surface area contributed by atoms with Crippen LogP contribution in [0.4, 0.5) is 0 Å². The molecular formula is C19H22O2SSi. The summed E-state index contributed by atoms with van der Waals surface area (Å²) in [6.45, 7) is 11.2. The van der Waals surface area contributed by atoms with Crippen LogP contribution in [-0.2, 0) is 4.74 Å². The van der Waals surface area contributed by atoms with E-state index >= 15 is 0 Å². The van der Waals surface area contributed by atoms with Crippen LogP contribution in [0.15, 0.2) is 30.3 Å². The molecule has 0 aliphatic carbocycles. The van der Waals surface area contributed by atoms with Crippen LogP contribution in [0, 0.1) is 6.92 Å². The molecule has 0 bridgehead atoms. The molecular weight excluding hydrogens is 320 g/mol. The number of carbonyl (C=O) groups is 1. The van der Waals surface area contributed by atoms with E-state index in [1.807, 2.05) is 18.3 Å². The highest BCUT2D eigenvalue weighted by atomic mass is 32.1. The largest absolute Gasteiger partial charge is 0.462 e. The summed E-state index contributed by atoms with van der Waals surface area (Å²) >= 11 is 1.81. The molecule has 4 heteroatoms. The minimum atomic E-state index is -1.66. The quantitative estimate of drug-likeness (QED) is 0.490. The number of carbonyl (C=O) groups excluding carboxylic acids is 1. The highest BCUT2D eigenvalue weighted by Crippen LogP contribution is 2.37. The van der Waals surface area contributed by atoms with E-state index in [-0.39, 0.29) is 5.97 Å². The third-order valence-electron chi connectivity index (χ3n) is 4.21. The Labute approximate surface area is 142 Å². The molecule has 0 atom stereocenters. The molecule has 0 amide bonds. The highest BCUT2D eigenvalue weighted by molar-refractivity contribution is 7.26. The number of rotatable bonds is 3. The number of benzene rings is 2. The molecule has 0 N–H and O–H groups in total. The normalized spacial score (nSPS) is 12.0. The summed E-state index contributed by atoms with van der Waals surface area (Å²) in [5.74, 6) is -0.181. The van der Waals surface area contributed by atoms with Crippen LogP contribution in [0.3, 0.4) is 0 Å². The van der Waals surface area contributed by atoms with Crippen molar-refractivity contribution < 1.29 is 9.53 Å². The second kappa shape index (κ2) is 5.76. The third kappa shape index (κ3) is 2.70. The second-order valence-corrected chi connectivity index (χ2v) is 13.0. The molecule has 0 aliphatic rings. The van der Waals surface area contributed by atoms with Gasteiger partial charge in [0.15, 0.2) is 0 Å². The van der Waals surface area contributed by atoms with Crippen LogP contribution >= 0.6 is 11.3 Å². The first-order chi connectivity index (χ1) is 10.8. The van der Waals surface area contributed by atoms with Gasteiger partial charge in [0.1, 0.15) is 0 Å². The maximum absolute atomic E-state index is 12.6. The van der Waals surface area contributed by atoms with Crippen molar-refractivity contribution in [3.63, 3.8) is 0 Å². The lowest BCUT2D eigenvalue weighted by molar-refractivity contribution is 0.0527. The van der Waals surface area contributed by atoms with Gasteiger partial charge in [0, 0.05) is 20.2 Å². The van der Waals surface area contributed by atoms with Crippen LogP contribution in [0.2, 0.25) is 19.6 Å². The maximum atomic E-state index is 12.6. The van der Waals surface area contributed by atoms with Gasteiger partial charge < -0.3 is 4.74 Å². The zero-order valence-electron chi connectivity index (χ0n) is 14.3.